The van der Waals surface area contributed by atoms with Crippen LogP contribution in [0.15, 0.2) is 0 Å². The molecule has 1 saturated heterocycles. The van der Waals surface area contributed by atoms with Gasteiger partial charge >= 0.3 is 0 Å². The van der Waals surface area contributed by atoms with Gasteiger partial charge in [-0.2, -0.15) is 0 Å². The van der Waals surface area contributed by atoms with Crippen molar-refractivity contribution in [3.05, 3.63) is 0 Å². The Morgan fingerprint density at radius 1 is 1.40 bits per heavy atom. The fourth-order valence-corrected chi connectivity index (χ4v) is 3.02. The summed E-state index contributed by atoms with van der Waals surface area (Å²) in [6, 6.07) is 0.486. The standard InChI is InChI=1S/C12H22N2O/c1-8(2)12-13-7-11(15)14(12)10-6-4-5-9(10)3/h8-10,12-13H,4-7H2,1-3H3. The zero-order valence-corrected chi connectivity index (χ0v) is 9.99. The van der Waals surface area contributed by atoms with Gasteiger partial charge in [-0.1, -0.05) is 27.2 Å². The summed E-state index contributed by atoms with van der Waals surface area (Å²) in [4.78, 5) is 14.0. The van der Waals surface area contributed by atoms with Gasteiger partial charge in [0.1, 0.15) is 0 Å². The van der Waals surface area contributed by atoms with Crippen LogP contribution >= 0.6 is 0 Å². The molecule has 86 valence electrons. The molecule has 3 nitrogen and oxygen atoms in total. The molecule has 3 unspecified atom stereocenters. The third-order valence-electron chi connectivity index (χ3n) is 3.86. The van der Waals surface area contributed by atoms with E-state index in [9.17, 15) is 4.79 Å². The maximum absolute atomic E-state index is 11.9. The highest BCUT2D eigenvalue weighted by molar-refractivity contribution is 5.81. The molecule has 0 aromatic rings. The van der Waals surface area contributed by atoms with Crippen molar-refractivity contribution in [2.24, 2.45) is 11.8 Å². The molecule has 15 heavy (non-hydrogen) atoms. The van der Waals surface area contributed by atoms with E-state index in [0.29, 0.717) is 30.3 Å². The molecule has 1 aliphatic carbocycles. The van der Waals surface area contributed by atoms with Gasteiger partial charge < -0.3 is 4.90 Å². The highest BCUT2D eigenvalue weighted by Crippen LogP contribution is 2.32. The summed E-state index contributed by atoms with van der Waals surface area (Å²) in [6.07, 6.45) is 4.01. The highest BCUT2D eigenvalue weighted by atomic mass is 16.2. The summed E-state index contributed by atoms with van der Waals surface area (Å²) in [5.41, 5.74) is 0. The molecule has 1 amide bonds. The fraction of sp³-hybridized carbons (Fsp3) is 0.917. The molecule has 2 aliphatic rings. The maximum Gasteiger partial charge on any atom is 0.238 e. The first-order valence-corrected chi connectivity index (χ1v) is 6.16. The number of nitrogens with zero attached hydrogens (tertiary/aromatic N) is 1. The van der Waals surface area contributed by atoms with Crippen molar-refractivity contribution < 1.29 is 4.79 Å². The Morgan fingerprint density at radius 2 is 2.13 bits per heavy atom. The molecular weight excluding hydrogens is 188 g/mol. The molecule has 0 aromatic carbocycles. The zero-order chi connectivity index (χ0) is 11.0. The van der Waals surface area contributed by atoms with Crippen molar-refractivity contribution >= 4 is 5.91 Å². The lowest BCUT2D eigenvalue weighted by Crippen LogP contribution is -2.48. The molecule has 2 rings (SSSR count). The summed E-state index contributed by atoms with van der Waals surface area (Å²) in [6.45, 7) is 7.18. The van der Waals surface area contributed by atoms with E-state index in [4.69, 9.17) is 0 Å². The Labute approximate surface area is 92.2 Å². The first kappa shape index (κ1) is 10.9. The van der Waals surface area contributed by atoms with Crippen LogP contribution in [0.2, 0.25) is 0 Å². The molecule has 3 heteroatoms. The van der Waals surface area contributed by atoms with Crippen molar-refractivity contribution in [2.45, 2.75) is 52.2 Å². The first-order valence-electron chi connectivity index (χ1n) is 6.16. The summed E-state index contributed by atoms with van der Waals surface area (Å²) in [7, 11) is 0. The first-order chi connectivity index (χ1) is 7.11. The van der Waals surface area contributed by atoms with Crippen LogP contribution in [0, 0.1) is 11.8 Å². The molecular formula is C12H22N2O. The Kier molecular flexibility index (Phi) is 3.01. The molecule has 1 saturated carbocycles. The van der Waals surface area contributed by atoms with Crippen molar-refractivity contribution in [1.82, 2.24) is 10.2 Å². The molecule has 1 aliphatic heterocycles. The van der Waals surface area contributed by atoms with Gasteiger partial charge in [-0.3, -0.25) is 10.1 Å². The summed E-state index contributed by atoms with van der Waals surface area (Å²) >= 11 is 0. The number of hydrogen-bond acceptors (Lipinski definition) is 2. The van der Waals surface area contributed by atoms with E-state index >= 15 is 0 Å². The predicted octanol–water partition coefficient (Wildman–Crippen LogP) is 1.59. The summed E-state index contributed by atoms with van der Waals surface area (Å²) in [5, 5.41) is 3.33. The Morgan fingerprint density at radius 3 is 2.67 bits per heavy atom. The molecule has 3 atom stereocenters. The van der Waals surface area contributed by atoms with Crippen LogP contribution in [0.5, 0.6) is 0 Å². The van der Waals surface area contributed by atoms with Gasteiger partial charge in [-0.25, -0.2) is 0 Å². The van der Waals surface area contributed by atoms with Crippen molar-refractivity contribution in [1.29, 1.82) is 0 Å². The molecule has 1 heterocycles. The van der Waals surface area contributed by atoms with Crippen LogP contribution in [0.3, 0.4) is 0 Å². The van der Waals surface area contributed by atoms with Crippen LogP contribution < -0.4 is 5.32 Å². The normalized spacial score (nSPS) is 36.9. The number of rotatable bonds is 2. The predicted molar refractivity (Wildman–Crippen MR) is 60.3 cm³/mol. The lowest BCUT2D eigenvalue weighted by Gasteiger charge is -2.34. The van der Waals surface area contributed by atoms with E-state index < -0.39 is 0 Å². The molecule has 1 N–H and O–H groups in total. The zero-order valence-electron chi connectivity index (χ0n) is 9.99. The lowest BCUT2D eigenvalue weighted by molar-refractivity contribution is -0.131. The lowest BCUT2D eigenvalue weighted by atomic mass is 10.0. The van der Waals surface area contributed by atoms with Gasteiger partial charge in [0.2, 0.25) is 5.91 Å². The number of carbonyl (C=O) groups is 1. The molecule has 2 fully saturated rings. The average Bonchev–Trinajstić information content (AvgIpc) is 2.71. The minimum atomic E-state index is 0.267. The number of hydrogen-bond donors (Lipinski definition) is 1. The molecule has 0 spiro atoms. The van der Waals surface area contributed by atoms with Crippen molar-refractivity contribution in [3.8, 4) is 0 Å². The average molecular weight is 210 g/mol. The second kappa shape index (κ2) is 4.12. The quantitative estimate of drug-likeness (QED) is 0.750. The third-order valence-corrected chi connectivity index (χ3v) is 3.86. The van der Waals surface area contributed by atoms with Crippen LogP contribution in [-0.2, 0) is 4.79 Å². The van der Waals surface area contributed by atoms with E-state index in [2.05, 4.69) is 31.0 Å². The number of carbonyl (C=O) groups excluding carboxylic acids is 1. The topological polar surface area (TPSA) is 32.3 Å². The van der Waals surface area contributed by atoms with Gasteiger partial charge in [-0.05, 0) is 24.7 Å². The smallest absolute Gasteiger partial charge is 0.238 e. The van der Waals surface area contributed by atoms with E-state index in [1.54, 1.807) is 0 Å². The largest absolute Gasteiger partial charge is 0.323 e. The van der Waals surface area contributed by atoms with Gasteiger partial charge in [0.15, 0.2) is 0 Å². The second-order valence-electron chi connectivity index (χ2n) is 5.35. The van der Waals surface area contributed by atoms with Crippen molar-refractivity contribution in [2.75, 3.05) is 6.54 Å². The summed E-state index contributed by atoms with van der Waals surface area (Å²) in [5.74, 6) is 1.48. The monoisotopic (exact) mass is 210 g/mol. The number of nitrogens with one attached hydrogen (secondary N) is 1. The van der Waals surface area contributed by atoms with Gasteiger partial charge in [0, 0.05) is 6.04 Å². The van der Waals surface area contributed by atoms with Gasteiger partial charge in [-0.15, -0.1) is 0 Å². The molecule has 0 radical (unpaired) electrons. The Balaban J connectivity index is 2.13. The van der Waals surface area contributed by atoms with E-state index in [0.717, 1.165) is 0 Å². The minimum absolute atomic E-state index is 0.267. The Bertz CT molecular complexity index is 252. The van der Waals surface area contributed by atoms with Crippen LogP contribution in [-0.4, -0.2) is 29.6 Å². The third kappa shape index (κ3) is 1.89. The Hall–Kier alpha value is -0.570. The van der Waals surface area contributed by atoms with Gasteiger partial charge in [0.05, 0.1) is 12.7 Å². The van der Waals surface area contributed by atoms with Gasteiger partial charge in [0.25, 0.3) is 0 Å². The van der Waals surface area contributed by atoms with Crippen LogP contribution in [0.25, 0.3) is 0 Å². The fourth-order valence-electron chi connectivity index (χ4n) is 3.02. The second-order valence-corrected chi connectivity index (χ2v) is 5.35. The minimum Gasteiger partial charge on any atom is -0.323 e. The van der Waals surface area contributed by atoms with E-state index in [-0.39, 0.29) is 6.17 Å². The van der Waals surface area contributed by atoms with Crippen LogP contribution in [0.1, 0.15) is 40.0 Å². The van der Waals surface area contributed by atoms with E-state index in [1.807, 2.05) is 0 Å². The van der Waals surface area contributed by atoms with E-state index in [1.165, 1.54) is 19.3 Å². The molecule has 0 aromatic heterocycles. The summed E-state index contributed by atoms with van der Waals surface area (Å²) < 4.78 is 0. The maximum atomic E-state index is 11.9. The molecule has 0 bridgehead atoms. The van der Waals surface area contributed by atoms with Crippen LogP contribution in [0.4, 0.5) is 0 Å². The SMILES string of the molecule is CC(C)C1NCC(=O)N1C1CCCC1C. The highest BCUT2D eigenvalue weighted by Gasteiger charge is 2.40. The number of amides is 1. The van der Waals surface area contributed by atoms with Crippen molar-refractivity contribution in [3.63, 3.8) is 0 Å².